The number of anilines is 1. The van der Waals surface area contributed by atoms with E-state index in [9.17, 15) is 14.4 Å². The molecule has 4 rings (SSSR count). The van der Waals surface area contributed by atoms with E-state index in [4.69, 9.17) is 4.74 Å². The number of hydrogen-bond donors (Lipinski definition) is 0. The topological polar surface area (TPSA) is 71.2 Å². The van der Waals surface area contributed by atoms with Crippen molar-refractivity contribution in [2.24, 2.45) is 13.0 Å². The van der Waals surface area contributed by atoms with Crippen LogP contribution in [0.5, 0.6) is 5.75 Å². The lowest BCUT2D eigenvalue weighted by molar-refractivity contribution is 0.121. The van der Waals surface area contributed by atoms with Gasteiger partial charge in [0.1, 0.15) is 35.0 Å². The lowest BCUT2D eigenvalue weighted by Gasteiger charge is -2.38. The first-order chi connectivity index (χ1) is 14.0. The van der Waals surface area contributed by atoms with E-state index < -0.39 is 0 Å². The summed E-state index contributed by atoms with van der Waals surface area (Å²) < 4.78 is 20.7. The number of nitriles is 1. The van der Waals surface area contributed by atoms with E-state index in [-0.39, 0.29) is 23.4 Å². The quantitative estimate of drug-likeness (QED) is 0.684. The number of hydrogen-bond acceptors (Lipinski definition) is 5. The molecule has 7 heteroatoms. The van der Waals surface area contributed by atoms with Gasteiger partial charge in [-0.2, -0.15) is 5.26 Å². The van der Waals surface area contributed by atoms with Crippen LogP contribution >= 0.6 is 0 Å². The molecule has 0 aliphatic carbocycles. The number of rotatable bonds is 3. The van der Waals surface area contributed by atoms with Crippen LogP contribution < -0.4 is 15.2 Å². The second kappa shape index (κ2) is 7.55. The van der Waals surface area contributed by atoms with E-state index in [0.717, 1.165) is 12.1 Å². The van der Waals surface area contributed by atoms with E-state index in [1.807, 2.05) is 0 Å². The number of benzene rings is 1. The normalized spacial score (nSPS) is 19.2. The molecule has 1 aliphatic rings. The number of aryl methyl sites for hydroxylation is 1. The van der Waals surface area contributed by atoms with Gasteiger partial charge in [0, 0.05) is 38.5 Å². The lowest BCUT2D eigenvalue weighted by atomic mass is 9.95. The summed E-state index contributed by atoms with van der Waals surface area (Å²) in [5.74, 6) is 0.546. The Kier molecular flexibility index (Phi) is 4.93. The van der Waals surface area contributed by atoms with Crippen LogP contribution in [0.4, 0.5) is 10.1 Å². The van der Waals surface area contributed by atoms with Crippen LogP contribution in [-0.4, -0.2) is 28.7 Å². The first-order valence-electron chi connectivity index (χ1n) is 9.54. The Labute approximate surface area is 167 Å². The first kappa shape index (κ1) is 18.9. The molecule has 0 saturated carbocycles. The Morgan fingerprint density at radius 2 is 2.00 bits per heavy atom. The van der Waals surface area contributed by atoms with Crippen LogP contribution in [0, 0.1) is 23.1 Å². The summed E-state index contributed by atoms with van der Waals surface area (Å²) in [4.78, 5) is 19.0. The smallest absolute Gasteiger partial charge is 0.252 e. The van der Waals surface area contributed by atoms with Crippen molar-refractivity contribution >= 4 is 16.7 Å². The summed E-state index contributed by atoms with van der Waals surface area (Å²) in [6, 6.07) is 13.1. The third-order valence-corrected chi connectivity index (χ3v) is 5.45. The molecule has 6 nitrogen and oxygen atoms in total. The fraction of sp³-hybridized carbons (Fsp3) is 0.318. The summed E-state index contributed by atoms with van der Waals surface area (Å²) in [7, 11) is 1.70. The average molecular weight is 392 g/mol. The van der Waals surface area contributed by atoms with Gasteiger partial charge < -0.3 is 14.2 Å². The van der Waals surface area contributed by atoms with E-state index in [1.165, 1.54) is 12.1 Å². The number of aromatic nitrogens is 2. The summed E-state index contributed by atoms with van der Waals surface area (Å²) in [5.41, 5.74) is 2.30. The molecular weight excluding hydrogens is 371 g/mol. The number of halogens is 1. The SMILES string of the molecule is CC1CN(c2cc(=O)n(C)c3ccc(C#N)nc23)CC[C@@H]1Oc1ccc(F)cc1. The highest BCUT2D eigenvalue weighted by molar-refractivity contribution is 5.88. The largest absolute Gasteiger partial charge is 0.490 e. The molecule has 29 heavy (non-hydrogen) atoms. The Balaban J connectivity index is 1.61. The zero-order chi connectivity index (χ0) is 20.5. The van der Waals surface area contributed by atoms with E-state index in [0.29, 0.717) is 35.6 Å². The van der Waals surface area contributed by atoms with Crippen LogP contribution in [0.25, 0.3) is 11.0 Å². The zero-order valence-corrected chi connectivity index (χ0v) is 16.3. The van der Waals surface area contributed by atoms with Gasteiger partial charge in [0.25, 0.3) is 5.56 Å². The maximum Gasteiger partial charge on any atom is 0.252 e. The third-order valence-electron chi connectivity index (χ3n) is 5.45. The maximum absolute atomic E-state index is 13.1. The third kappa shape index (κ3) is 3.66. The standard InChI is InChI=1S/C22H21FN4O2/c1-14-13-27(10-9-20(14)29-17-6-3-15(23)4-7-17)19-11-21(28)26(2)18-8-5-16(12-24)25-22(18)19/h3-8,11,14,20H,9-10,13H2,1-2H3/t14?,20-/m0/s1. The van der Waals surface area contributed by atoms with Crippen LogP contribution in [-0.2, 0) is 7.05 Å². The van der Waals surface area contributed by atoms with Gasteiger partial charge in [-0.15, -0.1) is 0 Å². The monoisotopic (exact) mass is 392 g/mol. The predicted octanol–water partition coefficient (Wildman–Crippen LogP) is 3.24. The van der Waals surface area contributed by atoms with E-state index in [2.05, 4.69) is 22.9 Å². The molecule has 0 amide bonds. The molecule has 0 radical (unpaired) electrons. The van der Waals surface area contributed by atoms with Crippen LogP contribution in [0.2, 0.25) is 0 Å². The molecule has 0 spiro atoms. The van der Waals surface area contributed by atoms with Gasteiger partial charge in [-0.1, -0.05) is 6.92 Å². The van der Waals surface area contributed by atoms with Crippen molar-refractivity contribution in [3.63, 3.8) is 0 Å². The van der Waals surface area contributed by atoms with Gasteiger partial charge in [0.2, 0.25) is 0 Å². The number of fused-ring (bicyclic) bond motifs is 1. The van der Waals surface area contributed by atoms with Gasteiger partial charge in [-0.3, -0.25) is 4.79 Å². The molecule has 3 heterocycles. The first-order valence-corrected chi connectivity index (χ1v) is 9.54. The highest BCUT2D eigenvalue weighted by atomic mass is 19.1. The van der Waals surface area contributed by atoms with Crippen LogP contribution in [0.1, 0.15) is 19.0 Å². The Hall–Kier alpha value is -3.40. The second-order valence-corrected chi connectivity index (χ2v) is 7.43. The molecule has 1 aliphatic heterocycles. The molecule has 1 saturated heterocycles. The number of nitrogens with zero attached hydrogens (tertiary/aromatic N) is 4. The van der Waals surface area contributed by atoms with Gasteiger partial charge in [0.15, 0.2) is 0 Å². The minimum absolute atomic E-state index is 0.00264. The van der Waals surface area contributed by atoms with Gasteiger partial charge in [0.05, 0.1) is 11.2 Å². The summed E-state index contributed by atoms with van der Waals surface area (Å²) in [6.07, 6.45) is 0.754. The van der Waals surface area contributed by atoms with Gasteiger partial charge in [-0.25, -0.2) is 9.37 Å². The molecule has 2 aromatic heterocycles. The summed E-state index contributed by atoms with van der Waals surface area (Å²) in [6.45, 7) is 3.47. The number of piperidine rings is 1. The fourth-order valence-corrected chi connectivity index (χ4v) is 3.82. The highest BCUT2D eigenvalue weighted by Crippen LogP contribution is 2.30. The van der Waals surface area contributed by atoms with Crippen molar-refractivity contribution in [2.75, 3.05) is 18.0 Å². The molecular formula is C22H21FN4O2. The molecule has 3 aromatic rings. The van der Waals surface area contributed by atoms with Gasteiger partial charge >= 0.3 is 0 Å². The number of pyridine rings is 2. The van der Waals surface area contributed by atoms with Crippen LogP contribution in [0.15, 0.2) is 47.3 Å². The molecule has 148 valence electrons. The summed E-state index contributed by atoms with van der Waals surface area (Å²) in [5, 5.41) is 9.22. The second-order valence-electron chi connectivity index (χ2n) is 7.43. The maximum atomic E-state index is 13.1. The Morgan fingerprint density at radius 3 is 2.69 bits per heavy atom. The zero-order valence-electron chi connectivity index (χ0n) is 16.3. The number of ether oxygens (including phenoxy) is 1. The summed E-state index contributed by atoms with van der Waals surface area (Å²) >= 11 is 0. The fourth-order valence-electron chi connectivity index (χ4n) is 3.82. The minimum atomic E-state index is -0.290. The predicted molar refractivity (Wildman–Crippen MR) is 109 cm³/mol. The van der Waals surface area contributed by atoms with E-state index >= 15 is 0 Å². The Bertz CT molecular complexity index is 1150. The van der Waals surface area contributed by atoms with Crippen molar-refractivity contribution in [3.05, 3.63) is 64.3 Å². The van der Waals surface area contributed by atoms with E-state index in [1.54, 1.807) is 41.9 Å². The minimum Gasteiger partial charge on any atom is -0.490 e. The van der Waals surface area contributed by atoms with Crippen molar-refractivity contribution in [2.45, 2.75) is 19.4 Å². The molecule has 2 atom stereocenters. The highest BCUT2D eigenvalue weighted by Gasteiger charge is 2.29. The van der Waals surface area contributed by atoms with Crippen molar-refractivity contribution in [1.82, 2.24) is 9.55 Å². The van der Waals surface area contributed by atoms with Crippen molar-refractivity contribution in [3.8, 4) is 11.8 Å². The molecule has 0 N–H and O–H groups in total. The molecule has 1 fully saturated rings. The van der Waals surface area contributed by atoms with Crippen molar-refractivity contribution in [1.29, 1.82) is 5.26 Å². The van der Waals surface area contributed by atoms with Crippen molar-refractivity contribution < 1.29 is 9.13 Å². The molecule has 0 bridgehead atoms. The van der Waals surface area contributed by atoms with Gasteiger partial charge in [-0.05, 0) is 36.4 Å². The average Bonchev–Trinajstić information content (AvgIpc) is 2.73. The molecule has 1 aromatic carbocycles. The lowest BCUT2D eigenvalue weighted by Crippen LogP contribution is -2.45. The van der Waals surface area contributed by atoms with Crippen LogP contribution in [0.3, 0.4) is 0 Å². The Morgan fingerprint density at radius 1 is 1.24 bits per heavy atom. The molecule has 1 unspecified atom stereocenters.